The van der Waals surface area contributed by atoms with E-state index in [0.29, 0.717) is 24.7 Å². The van der Waals surface area contributed by atoms with Gasteiger partial charge in [0, 0.05) is 37.5 Å². The van der Waals surface area contributed by atoms with Crippen molar-refractivity contribution >= 4 is 27.7 Å². The van der Waals surface area contributed by atoms with E-state index in [1.54, 1.807) is 24.3 Å². The summed E-state index contributed by atoms with van der Waals surface area (Å²) < 4.78 is 28.7. The average Bonchev–Trinajstić information content (AvgIpc) is 2.94. The smallest absolute Gasteiger partial charge is 0.296 e. The van der Waals surface area contributed by atoms with Gasteiger partial charge in [0.05, 0.1) is 0 Å². The lowest BCUT2D eigenvalue weighted by molar-refractivity contribution is -0.133. The molecular weight excluding hydrogens is 330 g/mol. The van der Waals surface area contributed by atoms with Crippen LogP contribution in [0.1, 0.15) is 37.7 Å². The van der Waals surface area contributed by atoms with E-state index in [-0.39, 0.29) is 30.6 Å². The molecule has 24 heavy (non-hydrogen) atoms. The van der Waals surface area contributed by atoms with Crippen LogP contribution in [0.5, 0.6) is 0 Å². The number of nitrogens with one attached hydrogen (secondary N) is 2. The third kappa shape index (κ3) is 3.76. The Morgan fingerprint density at radius 1 is 1.12 bits per heavy atom. The van der Waals surface area contributed by atoms with Crippen LogP contribution >= 0.6 is 0 Å². The van der Waals surface area contributed by atoms with Crippen molar-refractivity contribution in [2.45, 2.75) is 32.1 Å². The van der Waals surface area contributed by atoms with Crippen molar-refractivity contribution < 1.29 is 18.0 Å². The standard InChI is InChI=1S/C16H21N3O4S/c1-11-6-7-19(10-11)24(22,23)18-14-4-2-12(3-5-14)13-8-15(20)17-16(21)9-13/h2-5,11,13,18H,6-10H2,1H3,(H,17,20,21). The number of carbonyl (C=O) groups excluding carboxylic acids is 2. The van der Waals surface area contributed by atoms with E-state index in [0.717, 1.165) is 12.0 Å². The molecule has 8 heteroatoms. The molecule has 0 bridgehead atoms. The van der Waals surface area contributed by atoms with Gasteiger partial charge in [0.1, 0.15) is 0 Å². The molecule has 2 saturated heterocycles. The van der Waals surface area contributed by atoms with Crippen molar-refractivity contribution in [3.05, 3.63) is 29.8 Å². The minimum Gasteiger partial charge on any atom is -0.296 e. The Morgan fingerprint density at radius 2 is 1.75 bits per heavy atom. The first-order chi connectivity index (χ1) is 11.3. The molecule has 3 rings (SSSR count). The number of benzene rings is 1. The summed E-state index contributed by atoms with van der Waals surface area (Å²) in [5, 5.41) is 2.28. The Kier molecular flexibility index (Phi) is 4.60. The molecule has 130 valence electrons. The number of carbonyl (C=O) groups is 2. The van der Waals surface area contributed by atoms with Gasteiger partial charge in [-0.2, -0.15) is 12.7 Å². The maximum Gasteiger partial charge on any atom is 0.301 e. The van der Waals surface area contributed by atoms with E-state index in [1.807, 2.05) is 6.92 Å². The van der Waals surface area contributed by atoms with Gasteiger partial charge in [-0.15, -0.1) is 0 Å². The predicted octanol–water partition coefficient (Wildman–Crippen LogP) is 1.21. The fourth-order valence-corrected chi connectivity index (χ4v) is 4.52. The summed E-state index contributed by atoms with van der Waals surface area (Å²) in [7, 11) is -3.54. The Balaban J connectivity index is 1.68. The van der Waals surface area contributed by atoms with Crippen LogP contribution in [0.2, 0.25) is 0 Å². The first kappa shape index (κ1) is 16.9. The van der Waals surface area contributed by atoms with E-state index in [1.165, 1.54) is 4.31 Å². The number of amides is 2. The highest BCUT2D eigenvalue weighted by Gasteiger charge is 2.29. The normalized spacial score (nSPS) is 23.3. The lowest BCUT2D eigenvalue weighted by Crippen LogP contribution is -2.37. The summed E-state index contributed by atoms with van der Waals surface area (Å²) in [5.74, 6) is -0.330. The summed E-state index contributed by atoms with van der Waals surface area (Å²) in [5.41, 5.74) is 1.33. The molecule has 1 unspecified atom stereocenters. The Labute approximate surface area is 141 Å². The third-order valence-corrected chi connectivity index (χ3v) is 6.00. The fraction of sp³-hybridized carbons (Fsp3) is 0.500. The van der Waals surface area contributed by atoms with E-state index in [9.17, 15) is 18.0 Å². The van der Waals surface area contributed by atoms with Gasteiger partial charge >= 0.3 is 10.2 Å². The summed E-state index contributed by atoms with van der Waals surface area (Å²) in [4.78, 5) is 22.9. The molecule has 2 amide bonds. The number of piperidine rings is 1. The largest absolute Gasteiger partial charge is 0.301 e. The van der Waals surface area contributed by atoms with Gasteiger partial charge in [-0.05, 0) is 30.0 Å². The van der Waals surface area contributed by atoms with Crippen LogP contribution in [0.15, 0.2) is 24.3 Å². The topological polar surface area (TPSA) is 95.6 Å². The van der Waals surface area contributed by atoms with Gasteiger partial charge in [-0.3, -0.25) is 19.6 Å². The number of imide groups is 1. The number of anilines is 1. The van der Waals surface area contributed by atoms with Crippen molar-refractivity contribution in [1.82, 2.24) is 9.62 Å². The Hall–Kier alpha value is -1.93. The quantitative estimate of drug-likeness (QED) is 0.797. The number of hydrogen-bond acceptors (Lipinski definition) is 4. The van der Waals surface area contributed by atoms with Crippen LogP contribution < -0.4 is 10.0 Å². The van der Waals surface area contributed by atoms with Gasteiger partial charge in [0.2, 0.25) is 11.8 Å². The molecule has 2 aliphatic rings. The van der Waals surface area contributed by atoms with E-state index in [4.69, 9.17) is 0 Å². The number of rotatable bonds is 4. The maximum atomic E-state index is 12.3. The molecule has 2 aliphatic heterocycles. The third-order valence-electron chi connectivity index (χ3n) is 4.50. The zero-order valence-electron chi connectivity index (χ0n) is 13.5. The Bertz CT molecular complexity index is 729. The van der Waals surface area contributed by atoms with E-state index in [2.05, 4.69) is 10.0 Å². The molecule has 0 radical (unpaired) electrons. The molecule has 0 aliphatic carbocycles. The van der Waals surface area contributed by atoms with Gasteiger partial charge in [-0.1, -0.05) is 19.1 Å². The second-order valence-electron chi connectivity index (χ2n) is 6.56. The highest BCUT2D eigenvalue weighted by molar-refractivity contribution is 7.90. The second-order valence-corrected chi connectivity index (χ2v) is 8.23. The second kappa shape index (κ2) is 6.52. The number of hydrogen-bond donors (Lipinski definition) is 2. The molecule has 0 saturated carbocycles. The molecule has 1 aromatic carbocycles. The summed E-state index contributed by atoms with van der Waals surface area (Å²) >= 11 is 0. The predicted molar refractivity (Wildman–Crippen MR) is 89.5 cm³/mol. The zero-order chi connectivity index (χ0) is 17.3. The monoisotopic (exact) mass is 351 g/mol. The summed E-state index contributed by atoms with van der Waals surface area (Å²) in [6.07, 6.45) is 1.41. The van der Waals surface area contributed by atoms with Crippen LogP contribution in [0.3, 0.4) is 0 Å². The molecule has 2 heterocycles. The lowest BCUT2D eigenvalue weighted by atomic mass is 9.89. The molecule has 0 spiro atoms. The first-order valence-electron chi connectivity index (χ1n) is 8.04. The minimum absolute atomic E-state index is 0.156. The highest BCUT2D eigenvalue weighted by Crippen LogP contribution is 2.28. The lowest BCUT2D eigenvalue weighted by Gasteiger charge is -2.22. The van der Waals surface area contributed by atoms with Crippen LogP contribution in [-0.2, 0) is 19.8 Å². The highest BCUT2D eigenvalue weighted by atomic mass is 32.2. The van der Waals surface area contributed by atoms with Gasteiger partial charge in [-0.25, -0.2) is 0 Å². The summed E-state index contributed by atoms with van der Waals surface area (Å²) in [6, 6.07) is 6.87. The molecule has 2 N–H and O–H groups in total. The summed E-state index contributed by atoms with van der Waals surface area (Å²) in [6.45, 7) is 3.10. The van der Waals surface area contributed by atoms with E-state index >= 15 is 0 Å². The van der Waals surface area contributed by atoms with Gasteiger partial charge in [0.15, 0.2) is 0 Å². The number of nitrogens with zero attached hydrogens (tertiary/aromatic N) is 1. The molecular formula is C16H21N3O4S. The van der Waals surface area contributed by atoms with Crippen LogP contribution in [0, 0.1) is 5.92 Å². The first-order valence-corrected chi connectivity index (χ1v) is 9.48. The zero-order valence-corrected chi connectivity index (χ0v) is 14.3. The fourth-order valence-electron chi connectivity index (χ4n) is 3.16. The average molecular weight is 351 g/mol. The maximum absolute atomic E-state index is 12.3. The van der Waals surface area contributed by atoms with Gasteiger partial charge in [0.25, 0.3) is 0 Å². The molecule has 2 fully saturated rings. The van der Waals surface area contributed by atoms with Crippen molar-refractivity contribution in [1.29, 1.82) is 0 Å². The van der Waals surface area contributed by atoms with Crippen molar-refractivity contribution in [2.24, 2.45) is 5.92 Å². The van der Waals surface area contributed by atoms with Crippen molar-refractivity contribution in [3.63, 3.8) is 0 Å². The molecule has 1 atom stereocenters. The molecule has 0 aromatic heterocycles. The molecule has 7 nitrogen and oxygen atoms in total. The van der Waals surface area contributed by atoms with Crippen LogP contribution in [0.4, 0.5) is 5.69 Å². The van der Waals surface area contributed by atoms with Crippen molar-refractivity contribution in [2.75, 3.05) is 17.8 Å². The minimum atomic E-state index is -3.54. The SMILES string of the molecule is CC1CCN(S(=O)(=O)Nc2ccc(C3CC(=O)NC(=O)C3)cc2)C1. The van der Waals surface area contributed by atoms with Crippen LogP contribution in [0.25, 0.3) is 0 Å². The van der Waals surface area contributed by atoms with Crippen LogP contribution in [-0.4, -0.2) is 37.6 Å². The van der Waals surface area contributed by atoms with E-state index < -0.39 is 10.2 Å². The Morgan fingerprint density at radius 3 is 2.29 bits per heavy atom. The van der Waals surface area contributed by atoms with Gasteiger partial charge < -0.3 is 0 Å². The van der Waals surface area contributed by atoms with Crippen molar-refractivity contribution in [3.8, 4) is 0 Å². The molecule has 1 aromatic rings.